The van der Waals surface area contributed by atoms with Crippen molar-refractivity contribution in [1.29, 1.82) is 0 Å². The Morgan fingerprint density at radius 1 is 1.55 bits per heavy atom. The highest BCUT2D eigenvalue weighted by molar-refractivity contribution is 14.1. The number of nitrogens with zero attached hydrogens (tertiary/aromatic N) is 2. The molecule has 4 nitrogen and oxygen atoms in total. The van der Waals surface area contributed by atoms with Gasteiger partial charge in [-0.1, -0.05) is 22.6 Å². The van der Waals surface area contributed by atoms with Gasteiger partial charge in [0.25, 0.3) is 0 Å². The topological polar surface area (TPSA) is 43.8 Å². The first kappa shape index (κ1) is 7.60. The lowest BCUT2D eigenvalue weighted by Crippen LogP contribution is -2.35. The molecule has 2 atom stereocenters. The number of carbonyl (C=O) groups excluding carboxylic acids is 1. The van der Waals surface area contributed by atoms with Gasteiger partial charge >= 0.3 is 6.03 Å². The molecule has 0 aliphatic carbocycles. The van der Waals surface area contributed by atoms with Crippen molar-refractivity contribution in [2.24, 2.45) is 0 Å². The zero-order valence-electron chi connectivity index (χ0n) is 5.90. The van der Waals surface area contributed by atoms with Crippen LogP contribution in [0, 0.1) is 0 Å². The highest BCUT2D eigenvalue weighted by Gasteiger charge is 2.43. The SMILES string of the molecule is O=C1N(O)[C@H]2CC[C@@H](I)N1C2. The smallest absolute Gasteiger partial charge is 0.309 e. The monoisotopic (exact) mass is 268 g/mol. The lowest BCUT2D eigenvalue weighted by Gasteiger charge is -2.25. The summed E-state index contributed by atoms with van der Waals surface area (Å²) in [5.41, 5.74) is 0. The molecule has 2 aliphatic rings. The van der Waals surface area contributed by atoms with Gasteiger partial charge in [-0.3, -0.25) is 5.21 Å². The summed E-state index contributed by atoms with van der Waals surface area (Å²) in [6, 6.07) is -0.180. The summed E-state index contributed by atoms with van der Waals surface area (Å²) in [6.07, 6.45) is 1.92. The molecule has 11 heavy (non-hydrogen) atoms. The zero-order chi connectivity index (χ0) is 8.01. The largest absolute Gasteiger partial charge is 0.344 e. The average Bonchev–Trinajstić information content (AvgIpc) is 2.24. The van der Waals surface area contributed by atoms with E-state index < -0.39 is 0 Å². The molecule has 5 heteroatoms. The van der Waals surface area contributed by atoms with E-state index in [2.05, 4.69) is 22.6 Å². The quantitative estimate of drug-likeness (QED) is 0.309. The molecule has 0 spiro atoms. The number of hydrogen-bond donors (Lipinski definition) is 1. The normalized spacial score (nSPS) is 36.7. The maximum atomic E-state index is 11.2. The number of hydrogen-bond acceptors (Lipinski definition) is 2. The molecule has 0 aromatic carbocycles. The zero-order valence-corrected chi connectivity index (χ0v) is 8.06. The number of piperidine rings is 1. The van der Waals surface area contributed by atoms with Crippen LogP contribution in [0.25, 0.3) is 0 Å². The second kappa shape index (κ2) is 2.48. The lowest BCUT2D eigenvalue weighted by molar-refractivity contribution is -0.0583. The fourth-order valence-electron chi connectivity index (χ4n) is 1.60. The van der Waals surface area contributed by atoms with E-state index in [-0.39, 0.29) is 16.1 Å². The summed E-state index contributed by atoms with van der Waals surface area (Å²) in [6.45, 7) is 0.697. The van der Waals surface area contributed by atoms with Crippen molar-refractivity contribution in [1.82, 2.24) is 9.96 Å². The molecule has 0 unspecified atom stereocenters. The molecule has 2 bridgehead atoms. The standard InChI is InChI=1S/C6H9IN2O2/c7-5-2-1-4-3-8(5)6(10)9(4)11/h4-5,11H,1-3H2/t4-,5-/m0/s1. The predicted octanol–water partition coefficient (Wildman–Crippen LogP) is 1.04. The Morgan fingerprint density at radius 3 is 2.91 bits per heavy atom. The number of hydroxylamine groups is 2. The summed E-state index contributed by atoms with van der Waals surface area (Å²) in [4.78, 5) is 12.9. The van der Waals surface area contributed by atoms with Crippen LogP contribution >= 0.6 is 22.6 Å². The summed E-state index contributed by atoms with van der Waals surface area (Å²) >= 11 is 2.24. The van der Waals surface area contributed by atoms with Gasteiger partial charge in [0.05, 0.1) is 10.1 Å². The van der Waals surface area contributed by atoms with Gasteiger partial charge in [-0.15, -0.1) is 0 Å². The summed E-state index contributed by atoms with van der Waals surface area (Å²) in [5, 5.41) is 10.1. The van der Waals surface area contributed by atoms with Gasteiger partial charge in [-0.2, -0.15) is 0 Å². The predicted molar refractivity (Wildman–Crippen MR) is 46.6 cm³/mol. The Labute approximate surface area is 78.2 Å². The number of halogens is 1. The Hall–Kier alpha value is -0.0400. The third-order valence-electron chi connectivity index (χ3n) is 2.27. The Bertz CT molecular complexity index is 199. The second-order valence-corrected chi connectivity index (χ2v) is 4.38. The minimum Gasteiger partial charge on any atom is -0.309 e. The molecule has 2 amide bonds. The van der Waals surface area contributed by atoms with E-state index in [0.29, 0.717) is 6.54 Å². The van der Waals surface area contributed by atoms with Crippen molar-refractivity contribution < 1.29 is 10.0 Å². The summed E-state index contributed by atoms with van der Waals surface area (Å²) in [5.74, 6) is 0. The van der Waals surface area contributed by atoms with E-state index in [9.17, 15) is 10.0 Å². The van der Waals surface area contributed by atoms with Gasteiger partial charge in [0.1, 0.15) is 0 Å². The van der Waals surface area contributed by atoms with Gasteiger partial charge in [0.2, 0.25) is 0 Å². The number of amides is 2. The third kappa shape index (κ3) is 1.01. The molecule has 2 heterocycles. The van der Waals surface area contributed by atoms with Crippen molar-refractivity contribution in [3.05, 3.63) is 0 Å². The molecule has 1 N–H and O–H groups in total. The van der Waals surface area contributed by atoms with Crippen molar-refractivity contribution in [2.75, 3.05) is 6.54 Å². The minimum absolute atomic E-state index is 0.0496. The van der Waals surface area contributed by atoms with Crippen LogP contribution in [0.3, 0.4) is 0 Å². The van der Waals surface area contributed by atoms with Gasteiger partial charge in [0, 0.05) is 6.54 Å². The molecule has 2 aliphatic heterocycles. The fourth-order valence-corrected chi connectivity index (χ4v) is 2.43. The van der Waals surface area contributed by atoms with Crippen LogP contribution in [0.5, 0.6) is 0 Å². The number of urea groups is 1. The number of carbonyl (C=O) groups is 1. The fraction of sp³-hybridized carbons (Fsp3) is 0.833. The Morgan fingerprint density at radius 2 is 2.27 bits per heavy atom. The van der Waals surface area contributed by atoms with Gasteiger partial charge in [0.15, 0.2) is 0 Å². The van der Waals surface area contributed by atoms with Crippen LogP contribution in [-0.4, -0.2) is 37.8 Å². The van der Waals surface area contributed by atoms with Crippen molar-refractivity contribution in [2.45, 2.75) is 22.9 Å². The number of alkyl halides is 1. The van der Waals surface area contributed by atoms with Crippen molar-refractivity contribution in [3.8, 4) is 0 Å². The first-order chi connectivity index (χ1) is 5.20. The highest BCUT2D eigenvalue weighted by Crippen LogP contribution is 2.31. The first-order valence-electron chi connectivity index (χ1n) is 3.63. The minimum atomic E-state index is -0.230. The maximum Gasteiger partial charge on any atom is 0.344 e. The highest BCUT2D eigenvalue weighted by atomic mass is 127. The lowest BCUT2D eigenvalue weighted by atomic mass is 10.1. The second-order valence-electron chi connectivity index (χ2n) is 2.95. The molecular weight excluding hydrogens is 259 g/mol. The molecule has 2 rings (SSSR count). The van der Waals surface area contributed by atoms with Crippen LogP contribution in [-0.2, 0) is 0 Å². The third-order valence-corrected chi connectivity index (χ3v) is 3.57. The molecule has 0 radical (unpaired) electrons. The van der Waals surface area contributed by atoms with Crippen LogP contribution in [0.4, 0.5) is 4.79 Å². The molecule has 0 aromatic heterocycles. The molecule has 0 aromatic rings. The van der Waals surface area contributed by atoms with Crippen LogP contribution in [0.15, 0.2) is 0 Å². The van der Waals surface area contributed by atoms with Crippen LogP contribution in [0.1, 0.15) is 12.8 Å². The van der Waals surface area contributed by atoms with Gasteiger partial charge in [-0.05, 0) is 12.8 Å². The van der Waals surface area contributed by atoms with E-state index in [1.54, 1.807) is 4.90 Å². The first-order valence-corrected chi connectivity index (χ1v) is 4.87. The van der Waals surface area contributed by atoms with Gasteiger partial charge < -0.3 is 4.90 Å². The molecule has 2 saturated heterocycles. The average molecular weight is 268 g/mol. The van der Waals surface area contributed by atoms with Crippen molar-refractivity contribution in [3.63, 3.8) is 0 Å². The van der Waals surface area contributed by atoms with Crippen LogP contribution in [0.2, 0.25) is 0 Å². The molecule has 2 fully saturated rings. The van der Waals surface area contributed by atoms with Crippen molar-refractivity contribution >= 4 is 28.6 Å². The summed E-state index contributed by atoms with van der Waals surface area (Å²) in [7, 11) is 0. The van der Waals surface area contributed by atoms with E-state index in [0.717, 1.165) is 17.9 Å². The number of fused-ring (bicyclic) bond motifs is 2. The van der Waals surface area contributed by atoms with E-state index in [1.807, 2.05) is 0 Å². The molecule has 62 valence electrons. The van der Waals surface area contributed by atoms with E-state index >= 15 is 0 Å². The number of rotatable bonds is 0. The van der Waals surface area contributed by atoms with E-state index in [1.165, 1.54) is 0 Å². The summed E-state index contributed by atoms with van der Waals surface area (Å²) < 4.78 is 0.272. The van der Waals surface area contributed by atoms with E-state index in [4.69, 9.17) is 0 Å². The Kier molecular flexibility index (Phi) is 1.71. The molecule has 0 saturated carbocycles. The molecular formula is C6H9IN2O2. The Balaban J connectivity index is 2.22. The van der Waals surface area contributed by atoms with Crippen LogP contribution < -0.4 is 0 Å². The van der Waals surface area contributed by atoms with Gasteiger partial charge in [-0.25, -0.2) is 9.86 Å². The maximum absolute atomic E-state index is 11.2.